The summed E-state index contributed by atoms with van der Waals surface area (Å²) in [5.74, 6) is -0.518. The zero-order valence-electron chi connectivity index (χ0n) is 13.2. The molecule has 0 unspecified atom stereocenters. The summed E-state index contributed by atoms with van der Waals surface area (Å²) in [4.78, 5) is 12.2. The molecular weight excluding hydrogens is 330 g/mol. The number of ether oxygens (including phenoxy) is 1. The van der Waals surface area contributed by atoms with Gasteiger partial charge in [-0.1, -0.05) is 12.2 Å². The highest BCUT2D eigenvalue weighted by Gasteiger charge is 2.61. The van der Waals surface area contributed by atoms with Crippen molar-refractivity contribution in [3.05, 3.63) is 24.8 Å². The Bertz CT molecular complexity index is 826. The summed E-state index contributed by atoms with van der Waals surface area (Å²) in [6.45, 7) is -0.490. The molecule has 134 valence electrons. The van der Waals surface area contributed by atoms with Crippen LogP contribution in [0.5, 0.6) is 0 Å². The molecule has 3 heterocycles. The van der Waals surface area contributed by atoms with Crippen molar-refractivity contribution in [3.63, 3.8) is 0 Å². The third kappa shape index (κ3) is 2.12. The molecule has 1 fully saturated rings. The largest absolute Gasteiger partial charge is 0.394 e. The molecule has 0 spiro atoms. The van der Waals surface area contributed by atoms with E-state index in [4.69, 9.17) is 10.5 Å². The molecule has 2 aromatic rings. The molecule has 1 aliphatic carbocycles. The van der Waals surface area contributed by atoms with Gasteiger partial charge in [-0.15, -0.1) is 0 Å². The van der Waals surface area contributed by atoms with Crippen molar-refractivity contribution in [1.29, 1.82) is 0 Å². The van der Waals surface area contributed by atoms with Gasteiger partial charge in [0.2, 0.25) is 0 Å². The fourth-order valence-corrected chi connectivity index (χ4v) is 3.77. The summed E-state index contributed by atoms with van der Waals surface area (Å²) in [5.41, 5.74) is 4.85. The number of aliphatic hydroxyl groups excluding tert-OH is 4. The van der Waals surface area contributed by atoms with E-state index in [1.807, 2.05) is 0 Å². The van der Waals surface area contributed by atoms with Gasteiger partial charge in [0.1, 0.15) is 30.2 Å². The molecule has 2 aromatic heterocycles. The Hall–Kier alpha value is -2.11. The SMILES string of the molecule is Nc1ncnc2c1ncn2[C@]1([C@H]2C=CC[C@H]2O)O[C@H](CO)[C@@H](O)[C@H]1O. The van der Waals surface area contributed by atoms with Gasteiger partial charge >= 0.3 is 0 Å². The first-order chi connectivity index (χ1) is 12.0. The molecule has 0 radical (unpaired) electrons. The van der Waals surface area contributed by atoms with Crippen molar-refractivity contribution in [3.8, 4) is 0 Å². The number of anilines is 1. The molecule has 6 N–H and O–H groups in total. The topological polar surface area (TPSA) is 160 Å². The fraction of sp³-hybridized carbons (Fsp3) is 0.533. The fourth-order valence-electron chi connectivity index (χ4n) is 3.77. The van der Waals surface area contributed by atoms with Crippen molar-refractivity contribution >= 4 is 17.0 Å². The number of fused-ring (bicyclic) bond motifs is 1. The third-order valence-corrected chi connectivity index (χ3v) is 5.00. The molecule has 2 aliphatic rings. The number of hydrogen-bond donors (Lipinski definition) is 5. The van der Waals surface area contributed by atoms with Crippen molar-refractivity contribution in [2.24, 2.45) is 5.92 Å². The number of rotatable bonds is 3. The van der Waals surface area contributed by atoms with Crippen molar-refractivity contribution in [2.45, 2.75) is 36.6 Å². The van der Waals surface area contributed by atoms with Gasteiger partial charge in [0.25, 0.3) is 0 Å². The summed E-state index contributed by atoms with van der Waals surface area (Å²) < 4.78 is 7.38. The van der Waals surface area contributed by atoms with Crippen LogP contribution in [0.15, 0.2) is 24.8 Å². The molecule has 0 saturated carbocycles. The summed E-state index contributed by atoms with van der Waals surface area (Å²) >= 11 is 0. The van der Waals surface area contributed by atoms with E-state index in [2.05, 4.69) is 15.0 Å². The Kier molecular flexibility index (Phi) is 3.74. The van der Waals surface area contributed by atoms with Crippen molar-refractivity contribution < 1.29 is 25.2 Å². The van der Waals surface area contributed by atoms with Crippen LogP contribution in [-0.4, -0.2) is 71.0 Å². The normalized spacial score (nSPS) is 38.0. The van der Waals surface area contributed by atoms with Crippen molar-refractivity contribution in [2.75, 3.05) is 12.3 Å². The smallest absolute Gasteiger partial charge is 0.185 e. The van der Waals surface area contributed by atoms with Crippen LogP contribution in [0, 0.1) is 5.92 Å². The Morgan fingerprint density at radius 3 is 2.72 bits per heavy atom. The predicted molar refractivity (Wildman–Crippen MR) is 84.9 cm³/mol. The number of aliphatic hydroxyl groups is 4. The first kappa shape index (κ1) is 16.4. The van der Waals surface area contributed by atoms with E-state index >= 15 is 0 Å². The van der Waals surface area contributed by atoms with Gasteiger partial charge in [0.05, 0.1) is 25.0 Å². The summed E-state index contributed by atoms with van der Waals surface area (Å²) in [7, 11) is 0. The highest BCUT2D eigenvalue weighted by molar-refractivity contribution is 5.81. The highest BCUT2D eigenvalue weighted by atomic mass is 16.6. The second-order valence-corrected chi connectivity index (χ2v) is 6.33. The van der Waals surface area contributed by atoms with Crippen LogP contribution in [0.2, 0.25) is 0 Å². The Morgan fingerprint density at radius 1 is 1.28 bits per heavy atom. The van der Waals surface area contributed by atoms with Gasteiger partial charge in [-0.05, 0) is 6.42 Å². The lowest BCUT2D eigenvalue weighted by Gasteiger charge is -2.39. The van der Waals surface area contributed by atoms with Gasteiger partial charge in [0, 0.05) is 0 Å². The molecule has 10 nitrogen and oxygen atoms in total. The van der Waals surface area contributed by atoms with Gasteiger partial charge < -0.3 is 30.9 Å². The molecule has 4 rings (SSSR count). The zero-order chi connectivity index (χ0) is 17.8. The Balaban J connectivity index is 1.95. The number of hydrogen-bond acceptors (Lipinski definition) is 9. The van der Waals surface area contributed by atoms with E-state index in [0.29, 0.717) is 17.6 Å². The maximum atomic E-state index is 10.8. The van der Waals surface area contributed by atoms with E-state index in [0.717, 1.165) is 0 Å². The summed E-state index contributed by atoms with van der Waals surface area (Å²) in [5, 5.41) is 41.1. The van der Waals surface area contributed by atoms with Crippen molar-refractivity contribution in [1.82, 2.24) is 19.5 Å². The molecular formula is C15H19N5O5. The molecule has 10 heteroatoms. The monoisotopic (exact) mass is 349 g/mol. The quantitative estimate of drug-likeness (QED) is 0.399. The van der Waals surface area contributed by atoms with Crippen LogP contribution in [0.4, 0.5) is 5.82 Å². The lowest BCUT2D eigenvalue weighted by Crippen LogP contribution is -2.53. The highest BCUT2D eigenvalue weighted by Crippen LogP contribution is 2.46. The van der Waals surface area contributed by atoms with Gasteiger partial charge in [-0.3, -0.25) is 4.57 Å². The minimum absolute atomic E-state index is 0.160. The lowest BCUT2D eigenvalue weighted by molar-refractivity contribution is -0.187. The molecule has 0 amide bonds. The molecule has 1 aliphatic heterocycles. The first-order valence-electron chi connectivity index (χ1n) is 7.94. The molecule has 0 aromatic carbocycles. The van der Waals surface area contributed by atoms with Crippen LogP contribution in [-0.2, 0) is 10.5 Å². The van der Waals surface area contributed by atoms with Gasteiger partial charge in [-0.2, -0.15) is 0 Å². The number of aromatic nitrogens is 4. The van der Waals surface area contributed by atoms with Gasteiger partial charge in [-0.25, -0.2) is 15.0 Å². The number of imidazole rings is 1. The second-order valence-electron chi connectivity index (χ2n) is 6.33. The molecule has 6 atom stereocenters. The van der Waals surface area contributed by atoms with E-state index in [1.165, 1.54) is 17.2 Å². The average molecular weight is 349 g/mol. The standard InChI is InChI=1S/C15H19N5O5/c16-13-10-14(18-5-17-13)20(6-19-10)15(7-2-1-3-8(7)22)12(24)11(23)9(4-21)25-15/h1-2,5-9,11-12,21-24H,3-4H2,(H2,16,17,18)/t7-,8+,9+,11+,12+,15+/m0/s1. The molecule has 0 bridgehead atoms. The molecule has 1 saturated heterocycles. The number of nitrogen functional groups attached to an aromatic ring is 1. The average Bonchev–Trinajstić information content (AvgIpc) is 3.28. The van der Waals surface area contributed by atoms with E-state index < -0.39 is 42.7 Å². The Morgan fingerprint density at radius 2 is 2.08 bits per heavy atom. The minimum Gasteiger partial charge on any atom is -0.394 e. The second kappa shape index (κ2) is 5.71. The Labute approximate surface area is 142 Å². The predicted octanol–water partition coefficient (Wildman–Crippen LogP) is -1.89. The summed E-state index contributed by atoms with van der Waals surface area (Å²) in [6.07, 6.45) is 1.87. The number of nitrogens with two attached hydrogens (primary N) is 1. The third-order valence-electron chi connectivity index (χ3n) is 5.00. The van der Waals surface area contributed by atoms with Crippen LogP contribution in [0.3, 0.4) is 0 Å². The van der Waals surface area contributed by atoms with Crippen LogP contribution in [0.25, 0.3) is 11.2 Å². The summed E-state index contributed by atoms with van der Waals surface area (Å²) in [6, 6.07) is 0. The first-order valence-corrected chi connectivity index (χ1v) is 7.94. The van der Waals surface area contributed by atoms with Crippen LogP contribution in [0.1, 0.15) is 6.42 Å². The maximum Gasteiger partial charge on any atom is 0.185 e. The van der Waals surface area contributed by atoms with E-state index in [-0.39, 0.29) is 5.82 Å². The molecule has 25 heavy (non-hydrogen) atoms. The van der Waals surface area contributed by atoms with Gasteiger partial charge in [0.15, 0.2) is 17.2 Å². The number of nitrogens with zero attached hydrogens (tertiary/aromatic N) is 4. The van der Waals surface area contributed by atoms with Crippen LogP contribution >= 0.6 is 0 Å². The van der Waals surface area contributed by atoms with E-state index in [9.17, 15) is 20.4 Å². The van der Waals surface area contributed by atoms with Crippen LogP contribution < -0.4 is 5.73 Å². The van der Waals surface area contributed by atoms with E-state index in [1.54, 1.807) is 12.2 Å². The maximum absolute atomic E-state index is 10.8. The minimum atomic E-state index is -1.59. The zero-order valence-corrected chi connectivity index (χ0v) is 13.2. The lowest BCUT2D eigenvalue weighted by atomic mass is 9.86.